The van der Waals surface area contributed by atoms with Gasteiger partial charge >= 0.3 is 0 Å². The molecule has 1 heterocycles. The van der Waals surface area contributed by atoms with E-state index in [4.69, 9.17) is 0 Å². The van der Waals surface area contributed by atoms with Gasteiger partial charge in [0.05, 0.1) is 6.33 Å². The summed E-state index contributed by atoms with van der Waals surface area (Å²) >= 11 is 3.49. The van der Waals surface area contributed by atoms with Crippen LogP contribution in [-0.4, -0.2) is 14.9 Å². The standard InChI is InChI=1S/C8H13BrN2/c1-7(2)8(5-9)11-4-3-10-6-11/h3-4,6-8H,5H2,1-2H3/t8-/m1/s1. The molecule has 0 unspecified atom stereocenters. The first-order chi connectivity index (χ1) is 5.25. The number of rotatable bonds is 3. The lowest BCUT2D eigenvalue weighted by Gasteiger charge is -2.19. The van der Waals surface area contributed by atoms with Crippen LogP contribution in [0.25, 0.3) is 0 Å². The van der Waals surface area contributed by atoms with Crippen molar-refractivity contribution in [2.24, 2.45) is 5.92 Å². The van der Waals surface area contributed by atoms with Gasteiger partial charge in [-0.25, -0.2) is 4.98 Å². The van der Waals surface area contributed by atoms with E-state index in [0.29, 0.717) is 12.0 Å². The summed E-state index contributed by atoms with van der Waals surface area (Å²) in [4.78, 5) is 4.02. The van der Waals surface area contributed by atoms with Crippen LogP contribution in [0.5, 0.6) is 0 Å². The zero-order valence-electron chi connectivity index (χ0n) is 6.87. The van der Waals surface area contributed by atoms with E-state index in [1.54, 1.807) is 0 Å². The Labute approximate surface area is 75.8 Å². The molecule has 0 fully saturated rings. The maximum absolute atomic E-state index is 4.02. The summed E-state index contributed by atoms with van der Waals surface area (Å²) in [6.07, 6.45) is 5.69. The fourth-order valence-electron chi connectivity index (χ4n) is 1.07. The molecule has 1 aromatic rings. The van der Waals surface area contributed by atoms with Crippen molar-refractivity contribution in [1.82, 2.24) is 9.55 Å². The lowest BCUT2D eigenvalue weighted by atomic mass is 10.1. The molecule has 2 nitrogen and oxygen atoms in total. The van der Waals surface area contributed by atoms with Crippen LogP contribution in [0.15, 0.2) is 18.7 Å². The van der Waals surface area contributed by atoms with E-state index in [9.17, 15) is 0 Å². The van der Waals surface area contributed by atoms with Gasteiger partial charge in [-0.3, -0.25) is 0 Å². The average Bonchev–Trinajstić information content (AvgIpc) is 2.40. The largest absolute Gasteiger partial charge is 0.333 e. The van der Waals surface area contributed by atoms with Crippen LogP contribution in [0.4, 0.5) is 0 Å². The summed E-state index contributed by atoms with van der Waals surface area (Å²) < 4.78 is 2.14. The monoisotopic (exact) mass is 216 g/mol. The predicted molar refractivity (Wildman–Crippen MR) is 49.9 cm³/mol. The number of aromatic nitrogens is 2. The molecule has 0 saturated carbocycles. The van der Waals surface area contributed by atoms with Gasteiger partial charge in [0.1, 0.15) is 0 Å². The Kier molecular flexibility index (Phi) is 3.12. The first-order valence-electron chi connectivity index (χ1n) is 3.79. The van der Waals surface area contributed by atoms with Crippen molar-refractivity contribution >= 4 is 15.9 Å². The molecule has 0 N–H and O–H groups in total. The Bertz CT molecular complexity index is 194. The topological polar surface area (TPSA) is 17.8 Å². The maximum Gasteiger partial charge on any atom is 0.0948 e. The Morgan fingerprint density at radius 3 is 2.64 bits per heavy atom. The first-order valence-corrected chi connectivity index (χ1v) is 4.91. The average molecular weight is 217 g/mol. The smallest absolute Gasteiger partial charge is 0.0948 e. The number of imidazole rings is 1. The highest BCUT2D eigenvalue weighted by Gasteiger charge is 2.12. The third-order valence-corrected chi connectivity index (χ3v) is 2.50. The number of nitrogens with zero attached hydrogens (tertiary/aromatic N) is 2. The second kappa shape index (κ2) is 3.90. The van der Waals surface area contributed by atoms with Gasteiger partial charge in [-0.05, 0) is 5.92 Å². The zero-order valence-corrected chi connectivity index (χ0v) is 8.45. The van der Waals surface area contributed by atoms with Crippen LogP contribution < -0.4 is 0 Å². The zero-order chi connectivity index (χ0) is 8.27. The maximum atomic E-state index is 4.02. The Morgan fingerprint density at radius 2 is 2.27 bits per heavy atom. The predicted octanol–water partition coefficient (Wildman–Crippen LogP) is 2.48. The number of alkyl halides is 1. The van der Waals surface area contributed by atoms with Gasteiger partial charge in [0.15, 0.2) is 0 Å². The van der Waals surface area contributed by atoms with Crippen LogP contribution in [0.3, 0.4) is 0 Å². The normalized spacial score (nSPS) is 13.8. The summed E-state index contributed by atoms with van der Waals surface area (Å²) in [5.74, 6) is 0.642. The molecule has 0 aromatic carbocycles. The molecule has 0 bridgehead atoms. The van der Waals surface area contributed by atoms with E-state index < -0.39 is 0 Å². The third-order valence-electron chi connectivity index (χ3n) is 1.84. The van der Waals surface area contributed by atoms with Crippen molar-refractivity contribution in [3.05, 3.63) is 18.7 Å². The molecule has 1 rings (SSSR count). The highest BCUT2D eigenvalue weighted by Crippen LogP contribution is 2.18. The van der Waals surface area contributed by atoms with Crippen molar-refractivity contribution < 1.29 is 0 Å². The summed E-state index contributed by atoms with van der Waals surface area (Å²) in [6.45, 7) is 4.43. The SMILES string of the molecule is CC(C)[C@@H](CBr)n1ccnc1. The molecule has 1 atom stereocenters. The van der Waals surface area contributed by atoms with Gasteiger partial charge in [-0.1, -0.05) is 29.8 Å². The van der Waals surface area contributed by atoms with E-state index in [-0.39, 0.29) is 0 Å². The molecule has 0 spiro atoms. The van der Waals surface area contributed by atoms with Crippen LogP contribution in [0.1, 0.15) is 19.9 Å². The van der Waals surface area contributed by atoms with Gasteiger partial charge in [-0.15, -0.1) is 0 Å². The van der Waals surface area contributed by atoms with Crippen LogP contribution in [-0.2, 0) is 0 Å². The number of hydrogen-bond donors (Lipinski definition) is 0. The van der Waals surface area contributed by atoms with Crippen molar-refractivity contribution in [1.29, 1.82) is 0 Å². The van der Waals surface area contributed by atoms with Crippen LogP contribution in [0.2, 0.25) is 0 Å². The summed E-state index contributed by atoms with van der Waals surface area (Å²) in [5.41, 5.74) is 0. The molecule has 0 radical (unpaired) electrons. The Balaban J connectivity index is 2.71. The molecule has 0 aliphatic carbocycles. The molecule has 3 heteroatoms. The molecule has 0 amide bonds. The minimum atomic E-state index is 0.525. The van der Waals surface area contributed by atoms with Gasteiger partial charge in [0.25, 0.3) is 0 Å². The van der Waals surface area contributed by atoms with Gasteiger partial charge in [-0.2, -0.15) is 0 Å². The molecule has 11 heavy (non-hydrogen) atoms. The van der Waals surface area contributed by atoms with E-state index in [0.717, 1.165) is 5.33 Å². The highest BCUT2D eigenvalue weighted by atomic mass is 79.9. The van der Waals surface area contributed by atoms with E-state index in [1.165, 1.54) is 0 Å². The van der Waals surface area contributed by atoms with Crippen molar-refractivity contribution in [2.75, 3.05) is 5.33 Å². The molecule has 62 valence electrons. The Hall–Kier alpha value is -0.310. The fraction of sp³-hybridized carbons (Fsp3) is 0.625. The van der Waals surface area contributed by atoms with Gasteiger partial charge in [0.2, 0.25) is 0 Å². The minimum absolute atomic E-state index is 0.525. The van der Waals surface area contributed by atoms with E-state index in [1.807, 2.05) is 18.7 Å². The second-order valence-electron chi connectivity index (χ2n) is 2.98. The molecule has 0 aliphatic heterocycles. The second-order valence-corrected chi connectivity index (χ2v) is 3.62. The van der Waals surface area contributed by atoms with Gasteiger partial charge < -0.3 is 4.57 Å². The third kappa shape index (κ3) is 2.06. The summed E-state index contributed by atoms with van der Waals surface area (Å²) in [5, 5.41) is 0.987. The molecule has 1 aromatic heterocycles. The molecule has 0 saturated heterocycles. The van der Waals surface area contributed by atoms with Gasteiger partial charge in [0, 0.05) is 23.8 Å². The van der Waals surface area contributed by atoms with Crippen molar-refractivity contribution in [3.8, 4) is 0 Å². The number of hydrogen-bond acceptors (Lipinski definition) is 1. The molecular formula is C8H13BrN2. The number of halogens is 1. The van der Waals surface area contributed by atoms with Crippen LogP contribution in [0, 0.1) is 5.92 Å². The molecular weight excluding hydrogens is 204 g/mol. The van der Waals surface area contributed by atoms with E-state index in [2.05, 4.69) is 39.3 Å². The quantitative estimate of drug-likeness (QED) is 0.711. The van der Waals surface area contributed by atoms with Crippen LogP contribution >= 0.6 is 15.9 Å². The summed E-state index contributed by atoms with van der Waals surface area (Å²) in [6, 6.07) is 0.525. The van der Waals surface area contributed by atoms with E-state index >= 15 is 0 Å². The lowest BCUT2D eigenvalue weighted by Crippen LogP contribution is -2.14. The highest BCUT2D eigenvalue weighted by molar-refractivity contribution is 9.09. The molecule has 0 aliphatic rings. The summed E-state index contributed by atoms with van der Waals surface area (Å²) in [7, 11) is 0. The Morgan fingerprint density at radius 1 is 1.55 bits per heavy atom. The lowest BCUT2D eigenvalue weighted by molar-refractivity contribution is 0.416. The first kappa shape index (κ1) is 8.78. The van der Waals surface area contributed by atoms with Crippen molar-refractivity contribution in [3.63, 3.8) is 0 Å². The minimum Gasteiger partial charge on any atom is -0.333 e. The fourth-order valence-corrected chi connectivity index (χ4v) is 2.15. The van der Waals surface area contributed by atoms with Crippen molar-refractivity contribution in [2.45, 2.75) is 19.9 Å².